The highest BCUT2D eigenvalue weighted by molar-refractivity contribution is 7.47. The molecule has 0 aliphatic rings. The number of hydrogen-bond acceptors (Lipinski definition) is 5. The highest BCUT2D eigenvalue weighted by Gasteiger charge is 2.28. The zero-order valence-corrected chi connectivity index (χ0v) is 58.8. The van der Waals surface area contributed by atoms with E-state index in [-0.39, 0.29) is 19.1 Å². The molecular weight excluding hydrogens is 1070 g/mol. The Balaban J connectivity index is 3.92. The van der Waals surface area contributed by atoms with Gasteiger partial charge in [0, 0.05) is 6.42 Å². The number of rotatable bonds is 71. The number of allylic oxidation sites excluding steroid dienone is 5. The van der Waals surface area contributed by atoms with Crippen molar-refractivity contribution in [1.29, 1.82) is 0 Å². The normalized spacial score (nSPS) is 13.7. The third kappa shape index (κ3) is 70.0. The minimum Gasteiger partial charge on any atom is -0.387 e. The number of aliphatic hydroxyl groups excluding tert-OH is 1. The molecule has 504 valence electrons. The van der Waals surface area contributed by atoms with Crippen LogP contribution in [0.4, 0.5) is 0 Å². The summed E-state index contributed by atoms with van der Waals surface area (Å²) in [5.41, 5.74) is 0. The molecule has 0 saturated heterocycles. The summed E-state index contributed by atoms with van der Waals surface area (Å²) < 4.78 is 23.8. The molecule has 1 amide bonds. The van der Waals surface area contributed by atoms with E-state index < -0.39 is 20.0 Å². The van der Waals surface area contributed by atoms with Crippen LogP contribution < -0.4 is 5.32 Å². The zero-order chi connectivity index (χ0) is 61.9. The van der Waals surface area contributed by atoms with Crippen LogP contribution >= 0.6 is 7.82 Å². The molecule has 3 atom stereocenters. The predicted octanol–water partition coefficient (Wildman–Crippen LogP) is 24.4. The molecule has 0 radical (unpaired) electrons. The van der Waals surface area contributed by atoms with E-state index in [1.54, 1.807) is 6.08 Å². The Morgan fingerprint density at radius 2 is 0.647 bits per heavy atom. The highest BCUT2D eigenvalue weighted by Crippen LogP contribution is 2.43. The lowest BCUT2D eigenvalue weighted by Crippen LogP contribution is -2.45. The van der Waals surface area contributed by atoms with E-state index in [0.717, 1.165) is 44.9 Å². The van der Waals surface area contributed by atoms with Crippen molar-refractivity contribution in [1.82, 2.24) is 5.32 Å². The Labute approximate surface area is 531 Å². The number of hydrogen-bond donors (Lipinski definition) is 3. The number of likely N-dealkylation sites (N-methyl/N-ethyl adjacent to an activating group) is 1. The highest BCUT2D eigenvalue weighted by atomic mass is 31.2. The summed E-state index contributed by atoms with van der Waals surface area (Å²) in [6.45, 7) is 4.85. The van der Waals surface area contributed by atoms with Crippen LogP contribution in [0.1, 0.15) is 393 Å². The molecule has 0 bridgehead atoms. The number of unbranched alkanes of at least 4 members (excludes halogenated alkanes) is 54. The maximum Gasteiger partial charge on any atom is 0.472 e. The Morgan fingerprint density at radius 1 is 0.388 bits per heavy atom. The van der Waals surface area contributed by atoms with Gasteiger partial charge in [0.25, 0.3) is 0 Å². The van der Waals surface area contributed by atoms with Gasteiger partial charge in [0.2, 0.25) is 5.91 Å². The summed E-state index contributed by atoms with van der Waals surface area (Å²) in [5, 5.41) is 14.0. The number of carbonyl (C=O) groups excluding carboxylic acids is 1. The second kappa shape index (κ2) is 67.1. The van der Waals surface area contributed by atoms with Crippen LogP contribution in [0, 0.1) is 0 Å². The van der Waals surface area contributed by atoms with Gasteiger partial charge in [-0.3, -0.25) is 13.8 Å². The number of phosphoric ester groups is 1. The third-order valence-electron chi connectivity index (χ3n) is 17.6. The van der Waals surface area contributed by atoms with Gasteiger partial charge in [0.15, 0.2) is 0 Å². The molecule has 3 unspecified atom stereocenters. The van der Waals surface area contributed by atoms with E-state index in [0.29, 0.717) is 17.4 Å². The van der Waals surface area contributed by atoms with Gasteiger partial charge < -0.3 is 19.8 Å². The largest absolute Gasteiger partial charge is 0.472 e. The van der Waals surface area contributed by atoms with Crippen LogP contribution in [0.3, 0.4) is 0 Å². The summed E-state index contributed by atoms with van der Waals surface area (Å²) in [6, 6.07) is -0.869. The lowest BCUT2D eigenvalue weighted by molar-refractivity contribution is -0.870. The van der Waals surface area contributed by atoms with Gasteiger partial charge in [0.05, 0.1) is 39.9 Å². The topological polar surface area (TPSA) is 105 Å². The minimum atomic E-state index is -4.36. The average Bonchev–Trinajstić information content (AvgIpc) is 3.52. The van der Waals surface area contributed by atoms with Crippen molar-refractivity contribution < 1.29 is 32.9 Å². The van der Waals surface area contributed by atoms with Crippen molar-refractivity contribution in [2.75, 3.05) is 40.9 Å². The van der Waals surface area contributed by atoms with E-state index in [4.69, 9.17) is 9.05 Å². The fourth-order valence-corrected chi connectivity index (χ4v) is 12.5. The number of aliphatic hydroxyl groups is 1. The number of quaternary nitrogens is 1. The first-order valence-corrected chi connectivity index (χ1v) is 39.4. The molecular formula is C76H150N2O6P+. The quantitative estimate of drug-likeness (QED) is 0.0243. The fraction of sp³-hybridized carbons (Fsp3) is 0.908. The van der Waals surface area contributed by atoms with Crippen LogP contribution in [0.25, 0.3) is 0 Å². The van der Waals surface area contributed by atoms with E-state index in [1.165, 1.54) is 327 Å². The van der Waals surface area contributed by atoms with Gasteiger partial charge in [-0.2, -0.15) is 0 Å². The monoisotopic (exact) mass is 1220 g/mol. The number of carbonyl (C=O) groups is 1. The molecule has 0 heterocycles. The summed E-state index contributed by atoms with van der Waals surface area (Å²) in [5.74, 6) is -0.183. The van der Waals surface area contributed by atoms with E-state index in [1.807, 2.05) is 27.2 Å². The number of amides is 1. The maximum atomic E-state index is 13.1. The smallest absolute Gasteiger partial charge is 0.387 e. The maximum absolute atomic E-state index is 13.1. The average molecular weight is 1220 g/mol. The summed E-state index contributed by atoms with van der Waals surface area (Å²) >= 11 is 0. The Kier molecular flexibility index (Phi) is 66.1. The van der Waals surface area contributed by atoms with Crippen LogP contribution in [0.15, 0.2) is 36.5 Å². The lowest BCUT2D eigenvalue weighted by atomic mass is 10.0. The van der Waals surface area contributed by atoms with Crippen molar-refractivity contribution in [3.63, 3.8) is 0 Å². The van der Waals surface area contributed by atoms with Crippen LogP contribution in [-0.2, 0) is 18.4 Å². The first-order valence-electron chi connectivity index (χ1n) is 37.9. The second-order valence-electron chi connectivity index (χ2n) is 27.4. The van der Waals surface area contributed by atoms with Crippen molar-refractivity contribution in [2.45, 2.75) is 405 Å². The first-order chi connectivity index (χ1) is 41.5. The molecule has 0 aromatic rings. The van der Waals surface area contributed by atoms with Crippen molar-refractivity contribution in [2.24, 2.45) is 0 Å². The summed E-state index contributed by atoms with van der Waals surface area (Å²) in [4.78, 5) is 23.4. The number of nitrogens with zero attached hydrogens (tertiary/aromatic N) is 1. The third-order valence-corrected chi connectivity index (χ3v) is 18.6. The van der Waals surface area contributed by atoms with E-state index >= 15 is 0 Å². The van der Waals surface area contributed by atoms with E-state index in [2.05, 4.69) is 43.5 Å². The Morgan fingerprint density at radius 3 is 0.941 bits per heavy atom. The predicted molar refractivity (Wildman–Crippen MR) is 374 cm³/mol. The Bertz CT molecular complexity index is 1480. The second-order valence-corrected chi connectivity index (χ2v) is 28.8. The standard InChI is InChI=1S/C76H149N2O6P/c1-6-8-10-12-14-16-18-20-22-24-26-28-30-31-32-33-34-35-36-37-38-39-40-41-42-43-44-45-46-47-48-50-52-54-56-58-60-62-64-66-68-70-76(80)77-74(73-84-85(81,82)83-72-71-78(3,4)5)75(79)69-67-65-63-61-59-57-55-53-51-49-29-27-25-23-21-19-17-15-13-11-9-7-2/h51,53,59,61,67,69,74-75,79H,6-50,52,54-58,60,62-66,68,70-73H2,1-5H3,(H-,77,80,81,82)/p+1/b53-51+,61-59+,69-67+. The van der Waals surface area contributed by atoms with Gasteiger partial charge in [-0.15, -0.1) is 0 Å². The zero-order valence-electron chi connectivity index (χ0n) is 57.9. The molecule has 3 N–H and O–H groups in total. The van der Waals surface area contributed by atoms with Crippen molar-refractivity contribution >= 4 is 13.7 Å². The fourth-order valence-electron chi connectivity index (χ4n) is 11.7. The molecule has 85 heavy (non-hydrogen) atoms. The van der Waals surface area contributed by atoms with Crippen molar-refractivity contribution in [3.8, 4) is 0 Å². The molecule has 0 aliphatic carbocycles. The molecule has 8 nitrogen and oxygen atoms in total. The lowest BCUT2D eigenvalue weighted by Gasteiger charge is -2.25. The SMILES string of the molecule is CCCCCCCCCCCCCC/C=C/CC/C=C/CC/C=C/C(O)C(COP(=O)(O)OCC[N+](C)(C)C)NC(=O)CCCCCCCCCCCCCCCCCCCCCCCCCCCCCCCCCCCCCCCCCCC. The Hall–Kier alpha value is -1.28. The van der Waals surface area contributed by atoms with Crippen LogP contribution in [0.5, 0.6) is 0 Å². The molecule has 0 aromatic carbocycles. The number of nitrogens with one attached hydrogen (secondary N) is 1. The van der Waals surface area contributed by atoms with Gasteiger partial charge >= 0.3 is 7.82 Å². The molecule has 0 saturated carbocycles. The molecule has 0 fully saturated rings. The van der Waals surface area contributed by atoms with Gasteiger partial charge in [-0.25, -0.2) is 4.57 Å². The van der Waals surface area contributed by atoms with Crippen molar-refractivity contribution in [3.05, 3.63) is 36.5 Å². The molecule has 0 rings (SSSR count). The first kappa shape index (κ1) is 83.7. The van der Waals surface area contributed by atoms with Gasteiger partial charge in [-0.05, 0) is 44.9 Å². The van der Waals surface area contributed by atoms with Gasteiger partial charge in [0.1, 0.15) is 13.2 Å². The van der Waals surface area contributed by atoms with Gasteiger partial charge in [-0.1, -0.05) is 378 Å². The minimum absolute atomic E-state index is 0.0554. The molecule has 9 heteroatoms. The molecule has 0 aliphatic heterocycles. The van der Waals surface area contributed by atoms with Crippen LogP contribution in [0.2, 0.25) is 0 Å². The van der Waals surface area contributed by atoms with E-state index in [9.17, 15) is 19.4 Å². The number of phosphoric acid groups is 1. The summed E-state index contributed by atoms with van der Waals surface area (Å²) in [6.07, 6.45) is 90.6. The molecule has 0 aromatic heterocycles. The molecule has 0 spiro atoms. The van der Waals surface area contributed by atoms with Crippen LogP contribution in [-0.4, -0.2) is 73.4 Å². The summed E-state index contributed by atoms with van der Waals surface area (Å²) in [7, 11) is 1.56.